The van der Waals surface area contributed by atoms with Gasteiger partial charge in [-0.05, 0) is 24.6 Å². The Balaban J connectivity index is 1.75. The average molecular weight is 372 g/mol. The van der Waals surface area contributed by atoms with Gasteiger partial charge in [-0.3, -0.25) is 4.79 Å². The molecule has 6 heteroatoms. The number of ether oxygens (including phenoxy) is 1. The minimum atomic E-state index is -0.571. The highest BCUT2D eigenvalue weighted by Gasteiger charge is 2.35. The zero-order valence-electron chi connectivity index (χ0n) is 15.8. The van der Waals surface area contributed by atoms with Gasteiger partial charge in [0.15, 0.2) is 0 Å². The first-order chi connectivity index (χ1) is 13.6. The second kappa shape index (κ2) is 7.20. The number of nitriles is 1. The lowest BCUT2D eigenvalue weighted by atomic mass is 9.99. The molecule has 0 fully saturated rings. The molecule has 0 N–H and O–H groups in total. The SMILES string of the molecule is COc1cc(C#N)ccc1C1C(=O)N(Cc2cccc(C)c2)Cc2cncn21. The predicted octanol–water partition coefficient (Wildman–Crippen LogP) is 3.20. The van der Waals surface area contributed by atoms with Crippen LogP contribution in [-0.4, -0.2) is 27.5 Å². The van der Waals surface area contributed by atoms with E-state index in [4.69, 9.17) is 10.00 Å². The Morgan fingerprint density at radius 1 is 1.29 bits per heavy atom. The standard InChI is InChI=1S/C22H20N4O2/c1-15-4-3-5-17(8-15)12-25-13-18-11-24-14-26(18)21(22(25)27)19-7-6-16(10-23)9-20(19)28-2/h3-9,11,14,21H,12-13H2,1-2H3. The number of nitrogens with zero attached hydrogens (tertiary/aromatic N) is 4. The maximum Gasteiger partial charge on any atom is 0.251 e. The number of fused-ring (bicyclic) bond motifs is 1. The molecular weight excluding hydrogens is 352 g/mol. The third kappa shape index (κ3) is 3.12. The number of rotatable bonds is 4. The molecule has 1 unspecified atom stereocenters. The number of carbonyl (C=O) groups is 1. The fourth-order valence-corrected chi connectivity index (χ4v) is 3.71. The van der Waals surface area contributed by atoms with Crippen molar-refractivity contribution in [3.63, 3.8) is 0 Å². The molecule has 0 aliphatic carbocycles. The Kier molecular flexibility index (Phi) is 4.58. The summed E-state index contributed by atoms with van der Waals surface area (Å²) in [7, 11) is 1.55. The lowest BCUT2D eigenvalue weighted by molar-refractivity contribution is -0.136. The van der Waals surface area contributed by atoms with Crippen LogP contribution < -0.4 is 4.74 Å². The summed E-state index contributed by atoms with van der Waals surface area (Å²) in [6.45, 7) is 3.07. The Morgan fingerprint density at radius 2 is 2.14 bits per heavy atom. The topological polar surface area (TPSA) is 71.2 Å². The Hall–Kier alpha value is -3.59. The van der Waals surface area contributed by atoms with Gasteiger partial charge in [0.25, 0.3) is 5.91 Å². The van der Waals surface area contributed by atoms with Gasteiger partial charge in [-0.25, -0.2) is 4.98 Å². The summed E-state index contributed by atoms with van der Waals surface area (Å²) in [6, 6.07) is 14.9. The Labute approximate surface area is 163 Å². The zero-order valence-corrected chi connectivity index (χ0v) is 15.8. The second-order valence-corrected chi connectivity index (χ2v) is 6.95. The van der Waals surface area contributed by atoms with Crippen LogP contribution in [-0.2, 0) is 17.9 Å². The molecule has 3 aromatic rings. The minimum absolute atomic E-state index is 0.0185. The number of benzene rings is 2. The number of hydrogen-bond donors (Lipinski definition) is 0. The van der Waals surface area contributed by atoms with Crippen molar-refractivity contribution in [3.05, 3.63) is 82.9 Å². The molecule has 0 bridgehead atoms. The molecule has 4 rings (SSSR count). The fraction of sp³-hybridized carbons (Fsp3) is 0.227. The van der Waals surface area contributed by atoms with Gasteiger partial charge in [-0.2, -0.15) is 5.26 Å². The van der Waals surface area contributed by atoms with Crippen LogP contribution in [0.1, 0.15) is 34.0 Å². The summed E-state index contributed by atoms with van der Waals surface area (Å²) in [5, 5.41) is 9.17. The summed E-state index contributed by atoms with van der Waals surface area (Å²) in [6.07, 6.45) is 3.47. The first kappa shape index (κ1) is 17.8. The van der Waals surface area contributed by atoms with Crippen LogP contribution in [0.4, 0.5) is 0 Å². The van der Waals surface area contributed by atoms with Crippen molar-refractivity contribution in [2.24, 2.45) is 0 Å². The lowest BCUT2D eigenvalue weighted by Gasteiger charge is -2.34. The van der Waals surface area contributed by atoms with Crippen LogP contribution in [0, 0.1) is 18.3 Å². The molecule has 2 aromatic carbocycles. The van der Waals surface area contributed by atoms with Gasteiger partial charge in [-0.15, -0.1) is 0 Å². The summed E-state index contributed by atoms with van der Waals surface area (Å²) in [5.41, 5.74) is 4.43. The molecule has 1 aromatic heterocycles. The van der Waals surface area contributed by atoms with E-state index in [1.54, 1.807) is 37.8 Å². The number of carbonyl (C=O) groups excluding carboxylic acids is 1. The van der Waals surface area contributed by atoms with Gasteiger partial charge >= 0.3 is 0 Å². The molecule has 1 aliphatic heterocycles. The molecule has 0 radical (unpaired) electrons. The summed E-state index contributed by atoms with van der Waals surface area (Å²) >= 11 is 0. The fourth-order valence-electron chi connectivity index (χ4n) is 3.71. The first-order valence-corrected chi connectivity index (χ1v) is 9.04. The van der Waals surface area contributed by atoms with Gasteiger partial charge in [0.2, 0.25) is 0 Å². The zero-order chi connectivity index (χ0) is 19.7. The van der Waals surface area contributed by atoms with Crippen LogP contribution in [0.3, 0.4) is 0 Å². The highest BCUT2D eigenvalue weighted by atomic mass is 16.5. The summed E-state index contributed by atoms with van der Waals surface area (Å²) < 4.78 is 7.38. The number of amides is 1. The van der Waals surface area contributed by atoms with Crippen LogP contribution in [0.15, 0.2) is 55.0 Å². The molecule has 6 nitrogen and oxygen atoms in total. The van der Waals surface area contributed by atoms with E-state index < -0.39 is 6.04 Å². The predicted molar refractivity (Wildman–Crippen MR) is 104 cm³/mol. The van der Waals surface area contributed by atoms with Crippen molar-refractivity contribution in [2.45, 2.75) is 26.1 Å². The summed E-state index contributed by atoms with van der Waals surface area (Å²) in [5.74, 6) is 0.504. The molecule has 0 saturated heterocycles. The van der Waals surface area contributed by atoms with Crippen molar-refractivity contribution in [3.8, 4) is 11.8 Å². The van der Waals surface area contributed by atoms with E-state index in [2.05, 4.69) is 17.1 Å². The average Bonchev–Trinajstić information content (AvgIpc) is 3.16. The van der Waals surface area contributed by atoms with Crippen LogP contribution in [0.5, 0.6) is 5.75 Å². The third-order valence-corrected chi connectivity index (χ3v) is 5.04. The Bertz CT molecular complexity index is 1080. The smallest absolute Gasteiger partial charge is 0.251 e. The second-order valence-electron chi connectivity index (χ2n) is 6.95. The van der Waals surface area contributed by atoms with E-state index in [9.17, 15) is 4.79 Å². The molecule has 140 valence electrons. The molecule has 0 spiro atoms. The van der Waals surface area contributed by atoms with E-state index in [0.717, 1.165) is 22.4 Å². The van der Waals surface area contributed by atoms with E-state index in [0.29, 0.717) is 24.4 Å². The molecular formula is C22H20N4O2. The lowest BCUT2D eigenvalue weighted by Crippen LogP contribution is -2.42. The van der Waals surface area contributed by atoms with Crippen LogP contribution >= 0.6 is 0 Å². The van der Waals surface area contributed by atoms with E-state index in [1.165, 1.54) is 0 Å². The highest BCUT2D eigenvalue weighted by molar-refractivity contribution is 5.85. The van der Waals surface area contributed by atoms with E-state index >= 15 is 0 Å². The minimum Gasteiger partial charge on any atom is -0.496 e. The molecule has 2 heterocycles. The number of hydrogen-bond acceptors (Lipinski definition) is 4. The van der Waals surface area contributed by atoms with Crippen molar-refractivity contribution in [1.29, 1.82) is 5.26 Å². The normalized spacial score (nSPS) is 15.8. The largest absolute Gasteiger partial charge is 0.496 e. The van der Waals surface area contributed by atoms with Gasteiger partial charge in [-0.1, -0.05) is 35.9 Å². The monoisotopic (exact) mass is 372 g/mol. The number of imidazole rings is 1. The molecule has 1 aliphatic rings. The number of aryl methyl sites for hydroxylation is 1. The first-order valence-electron chi connectivity index (χ1n) is 9.04. The van der Waals surface area contributed by atoms with Gasteiger partial charge < -0.3 is 14.2 Å². The molecule has 1 amide bonds. The van der Waals surface area contributed by atoms with Crippen molar-refractivity contribution in [1.82, 2.24) is 14.5 Å². The van der Waals surface area contributed by atoms with Crippen LogP contribution in [0.25, 0.3) is 0 Å². The van der Waals surface area contributed by atoms with Gasteiger partial charge in [0, 0.05) is 18.3 Å². The maximum absolute atomic E-state index is 13.5. The Morgan fingerprint density at radius 3 is 2.89 bits per heavy atom. The van der Waals surface area contributed by atoms with Crippen molar-refractivity contribution in [2.75, 3.05) is 7.11 Å². The number of methoxy groups -OCH3 is 1. The third-order valence-electron chi connectivity index (χ3n) is 5.04. The quantitative estimate of drug-likeness (QED) is 0.705. The van der Waals surface area contributed by atoms with Crippen molar-refractivity contribution < 1.29 is 9.53 Å². The highest BCUT2D eigenvalue weighted by Crippen LogP contribution is 2.35. The van der Waals surface area contributed by atoms with Gasteiger partial charge in [0.05, 0.1) is 37.3 Å². The number of aromatic nitrogens is 2. The molecule has 1 atom stereocenters. The molecule has 0 saturated carbocycles. The van der Waals surface area contributed by atoms with E-state index in [1.807, 2.05) is 34.6 Å². The summed E-state index contributed by atoms with van der Waals surface area (Å²) in [4.78, 5) is 19.5. The van der Waals surface area contributed by atoms with Crippen molar-refractivity contribution >= 4 is 5.91 Å². The maximum atomic E-state index is 13.5. The van der Waals surface area contributed by atoms with Crippen LogP contribution in [0.2, 0.25) is 0 Å². The molecule has 28 heavy (non-hydrogen) atoms. The van der Waals surface area contributed by atoms with Gasteiger partial charge in [0.1, 0.15) is 11.8 Å². The van der Waals surface area contributed by atoms with E-state index in [-0.39, 0.29) is 5.91 Å².